The van der Waals surface area contributed by atoms with Crippen LogP contribution in [0, 0.1) is 70.6 Å². The number of rotatable bonds is 12. The average Bonchev–Trinajstić information content (AvgIpc) is 3.39. The molecule has 8 aromatic rings. The maximum atomic E-state index is 13.9. The fourth-order valence-electron chi connectivity index (χ4n) is 7.08. The van der Waals surface area contributed by atoms with Gasteiger partial charge in [0.15, 0.2) is 23.3 Å². The van der Waals surface area contributed by atoms with E-state index in [1.807, 2.05) is 68.4 Å². The van der Waals surface area contributed by atoms with Gasteiger partial charge in [-0.3, -0.25) is 0 Å². The first-order valence-corrected chi connectivity index (χ1v) is 23.7. The molecule has 0 radical (unpaired) electrons. The summed E-state index contributed by atoms with van der Waals surface area (Å²) in [5, 5.41) is 11.8. The van der Waals surface area contributed by atoms with E-state index in [1.54, 1.807) is 70.2 Å². The van der Waals surface area contributed by atoms with E-state index in [2.05, 4.69) is 27.3 Å². The summed E-state index contributed by atoms with van der Waals surface area (Å²) in [6, 6.07) is 40.8. The van der Waals surface area contributed by atoms with Crippen molar-refractivity contribution in [2.75, 3.05) is 44.2 Å². The lowest BCUT2D eigenvalue weighted by atomic mass is 10.1. The summed E-state index contributed by atoms with van der Waals surface area (Å²) in [4.78, 5) is 0. The third kappa shape index (κ3) is 16.8. The number of alkyl halides is 3. The van der Waals surface area contributed by atoms with E-state index in [9.17, 15) is 35.1 Å². The Labute approximate surface area is 433 Å². The molecule has 0 saturated heterocycles. The average molecular weight is 1040 g/mol. The van der Waals surface area contributed by atoms with Gasteiger partial charge < -0.3 is 44.2 Å². The summed E-state index contributed by atoms with van der Waals surface area (Å²) in [7, 11) is 0. The molecule has 0 fully saturated rings. The van der Waals surface area contributed by atoms with Gasteiger partial charge in [0.1, 0.15) is 5.82 Å². The quantitative estimate of drug-likeness (QED) is 0.0445. The molecule has 0 spiro atoms. The molecule has 394 valence electrons. The lowest BCUT2D eigenvalue weighted by molar-refractivity contribution is -0.137. The van der Waals surface area contributed by atoms with E-state index >= 15 is 0 Å². The van der Waals surface area contributed by atoms with Gasteiger partial charge in [-0.15, -0.1) is 0 Å². The van der Waals surface area contributed by atoms with Crippen molar-refractivity contribution >= 4 is 45.5 Å². The summed E-state index contributed by atoms with van der Waals surface area (Å²) < 4.78 is 106. The van der Waals surface area contributed by atoms with Crippen LogP contribution in [0.3, 0.4) is 0 Å². The fraction of sp³-hybridized carbons (Fsp3) is 0.186. The molecule has 0 amide bonds. The monoisotopic (exact) mass is 1030 g/mol. The molecular weight excluding hydrogens is 973 g/mol. The summed E-state index contributed by atoms with van der Waals surface area (Å²) in [6.45, 7) is 12.7. The van der Waals surface area contributed by atoms with Crippen molar-refractivity contribution in [3.05, 3.63) is 236 Å². The summed E-state index contributed by atoms with van der Waals surface area (Å²) in [5.41, 5.74) is 32.5. The highest BCUT2D eigenvalue weighted by molar-refractivity contribution is 5.63. The van der Waals surface area contributed by atoms with Crippen molar-refractivity contribution in [2.24, 2.45) is 0 Å². The van der Waals surface area contributed by atoms with Crippen molar-refractivity contribution in [1.29, 1.82) is 0 Å². The normalized spacial score (nSPS) is 10.7. The highest BCUT2D eigenvalue weighted by Crippen LogP contribution is 2.31. The van der Waals surface area contributed by atoms with E-state index in [0.717, 1.165) is 39.9 Å². The third-order valence-electron chi connectivity index (χ3n) is 11.9. The Morgan fingerprint density at radius 2 is 0.667 bits per heavy atom. The van der Waals surface area contributed by atoms with Crippen LogP contribution in [0.2, 0.25) is 0 Å². The lowest BCUT2D eigenvalue weighted by Gasteiger charge is -2.12. The fourth-order valence-corrected chi connectivity index (χ4v) is 7.08. The molecule has 0 aliphatic heterocycles. The van der Waals surface area contributed by atoms with Crippen LogP contribution in [0.4, 0.5) is 80.6 Å². The molecule has 0 aliphatic carbocycles. The van der Waals surface area contributed by atoms with Crippen molar-refractivity contribution in [2.45, 2.75) is 73.9 Å². The zero-order valence-corrected chi connectivity index (χ0v) is 42.5. The minimum atomic E-state index is -4.39. The van der Waals surface area contributed by atoms with Crippen molar-refractivity contribution < 1.29 is 35.1 Å². The predicted octanol–water partition coefficient (Wildman–Crippen LogP) is 15.1. The number of nitrogens with two attached hydrogens (primary N) is 4. The lowest BCUT2D eigenvalue weighted by Crippen LogP contribution is -2.08. The molecule has 12 N–H and O–H groups in total. The maximum Gasteiger partial charge on any atom is 0.416 e. The van der Waals surface area contributed by atoms with Crippen LogP contribution < -0.4 is 44.2 Å². The number of benzene rings is 8. The Morgan fingerprint density at radius 3 is 1.01 bits per heavy atom. The highest BCUT2D eigenvalue weighted by Gasteiger charge is 2.30. The van der Waals surface area contributed by atoms with Crippen molar-refractivity contribution in [3.8, 4) is 0 Å². The Balaban J connectivity index is 0.000000185. The maximum absolute atomic E-state index is 13.9. The van der Waals surface area contributed by atoms with E-state index in [-0.39, 0.29) is 52.4 Å². The van der Waals surface area contributed by atoms with Gasteiger partial charge in [-0.2, -0.15) is 13.2 Å². The van der Waals surface area contributed by atoms with Crippen LogP contribution in [0.15, 0.2) is 146 Å². The van der Waals surface area contributed by atoms with Crippen LogP contribution in [-0.4, -0.2) is 0 Å². The van der Waals surface area contributed by atoms with Crippen LogP contribution in [0.1, 0.15) is 61.2 Å². The second kappa shape index (κ2) is 26.5. The molecule has 0 unspecified atom stereocenters. The predicted molar refractivity (Wildman–Crippen MR) is 292 cm³/mol. The van der Waals surface area contributed by atoms with Crippen molar-refractivity contribution in [3.63, 3.8) is 0 Å². The number of nitrogen functional groups attached to an aromatic ring is 4. The molecule has 0 saturated carbocycles. The largest absolute Gasteiger partial charge is 0.416 e. The number of nitrogens with one attached hydrogen (secondary N) is 4. The number of anilines is 8. The molecule has 0 aromatic heterocycles. The van der Waals surface area contributed by atoms with Gasteiger partial charge in [0.05, 0.1) is 51.1 Å². The first kappa shape index (κ1) is 57.5. The third-order valence-corrected chi connectivity index (χ3v) is 11.9. The second-order valence-electron chi connectivity index (χ2n) is 17.8. The molecule has 8 aromatic carbocycles. The molecular formula is C59H62F8N8. The summed E-state index contributed by atoms with van der Waals surface area (Å²) in [6.07, 6.45) is -4.39. The first-order valence-electron chi connectivity index (χ1n) is 23.7. The minimum absolute atomic E-state index is 0.0315. The smallest absolute Gasteiger partial charge is 0.396 e. The Hall–Kier alpha value is -8.40. The van der Waals surface area contributed by atoms with Gasteiger partial charge in [-0.1, -0.05) is 108 Å². The molecule has 0 atom stereocenters. The molecule has 0 bridgehead atoms. The first-order chi connectivity index (χ1) is 35.5. The van der Waals surface area contributed by atoms with Crippen molar-refractivity contribution in [1.82, 2.24) is 0 Å². The Kier molecular flexibility index (Phi) is 20.3. The summed E-state index contributed by atoms with van der Waals surface area (Å²) >= 11 is 0. The van der Waals surface area contributed by atoms with Crippen LogP contribution in [0.5, 0.6) is 0 Å². The van der Waals surface area contributed by atoms with E-state index in [4.69, 9.17) is 22.9 Å². The van der Waals surface area contributed by atoms with Gasteiger partial charge in [-0.05, 0) is 135 Å². The van der Waals surface area contributed by atoms with E-state index in [0.29, 0.717) is 53.4 Å². The van der Waals surface area contributed by atoms with Gasteiger partial charge in [0.2, 0.25) is 0 Å². The number of aryl methyl sites for hydroxylation is 6. The summed E-state index contributed by atoms with van der Waals surface area (Å²) in [5.74, 6) is -2.08. The molecule has 16 heteroatoms. The van der Waals surface area contributed by atoms with Gasteiger partial charge in [0, 0.05) is 26.2 Å². The minimum Gasteiger partial charge on any atom is -0.396 e. The molecule has 0 heterocycles. The van der Waals surface area contributed by atoms with Gasteiger partial charge in [-0.25, -0.2) is 22.0 Å². The Bertz CT molecular complexity index is 3060. The Morgan fingerprint density at radius 1 is 0.347 bits per heavy atom. The van der Waals surface area contributed by atoms with E-state index < -0.39 is 23.4 Å². The zero-order chi connectivity index (χ0) is 55.0. The SMILES string of the molecule is Cc1ccc(CNc2ccc(C)c(N)c2F)cc1.Cc1ccc(NCc2ccc(F)cc2)c(F)c1N.Cc1ccc(NCc2cccc(C(F)(F)F)c2)c(F)c1N.Cc1cccc(CNc2ccc(C)c(N)c2F)c1. The topological polar surface area (TPSA) is 152 Å². The van der Waals surface area contributed by atoms with Crippen LogP contribution in [0.25, 0.3) is 0 Å². The van der Waals surface area contributed by atoms with Gasteiger partial charge in [0.25, 0.3) is 0 Å². The standard InChI is InChI=1S/C15H14F4N2.2C15H17FN2.C14H14F2N2/c1-9-5-6-12(13(16)14(9)20)21-8-10-3-2-4-11(7-10)15(17,18)19;1-10-3-6-12(7-4-10)9-18-13-8-5-11(2)15(17)14(13)16;1-10-4-3-5-12(8-10)9-18-13-7-6-11(2)15(17)14(13)16;1-9-2-7-12(13(16)14(9)17)18-8-10-3-5-11(15)6-4-10/h2-7,21H,8,20H2,1H3;2*3-8,18H,9,17H2,1-2H3;2-7,18H,8,17H2,1H3. The zero-order valence-electron chi connectivity index (χ0n) is 42.5. The van der Waals surface area contributed by atoms with Gasteiger partial charge >= 0.3 is 6.18 Å². The number of halogens is 8. The highest BCUT2D eigenvalue weighted by atomic mass is 19.4. The molecule has 8 rings (SSSR count). The van der Waals surface area contributed by atoms with E-state index in [1.165, 1.54) is 41.5 Å². The molecule has 75 heavy (non-hydrogen) atoms. The number of hydrogen-bond donors (Lipinski definition) is 8. The number of hydrogen-bond acceptors (Lipinski definition) is 8. The van der Waals surface area contributed by atoms with Crippen LogP contribution in [-0.2, 0) is 32.4 Å². The van der Waals surface area contributed by atoms with Crippen LogP contribution >= 0.6 is 0 Å². The molecule has 0 aliphatic rings. The molecule has 8 nitrogen and oxygen atoms in total. The second-order valence-corrected chi connectivity index (χ2v) is 17.8.